The Morgan fingerprint density at radius 1 is 1.17 bits per heavy atom. The van der Waals surface area contributed by atoms with E-state index >= 15 is 0 Å². The highest BCUT2D eigenvalue weighted by atomic mass is 32.1. The van der Waals surface area contributed by atoms with Gasteiger partial charge in [0.2, 0.25) is 0 Å². The van der Waals surface area contributed by atoms with Crippen molar-refractivity contribution in [2.45, 2.75) is 6.10 Å². The fraction of sp³-hybridized carbons (Fsp3) is 0.182. The van der Waals surface area contributed by atoms with Gasteiger partial charge < -0.3 is 19.5 Å². The standard InChI is InChI=1S/C22H18N2O4S/c1-26-15-7-6-13-8-14-9-20(29-22(14)24-17(13)10-15)21(25)23-11-16-12-27-18-4-2-3-5-19(18)28-16/h2-10,16H,11-12H2,1H3,(H,23,25)/t16-/m0/s1. The first-order chi connectivity index (χ1) is 14.2. The number of rotatable bonds is 4. The molecular formula is C22H18N2O4S. The van der Waals surface area contributed by atoms with Gasteiger partial charge >= 0.3 is 0 Å². The summed E-state index contributed by atoms with van der Waals surface area (Å²) in [6.45, 7) is 0.770. The Balaban J connectivity index is 1.31. The topological polar surface area (TPSA) is 69.7 Å². The van der Waals surface area contributed by atoms with Gasteiger partial charge in [0.05, 0.1) is 24.0 Å². The summed E-state index contributed by atoms with van der Waals surface area (Å²) in [6, 6.07) is 17.2. The zero-order chi connectivity index (χ0) is 19.8. The third-order valence-electron chi connectivity index (χ3n) is 4.79. The van der Waals surface area contributed by atoms with Crippen LogP contribution in [0.3, 0.4) is 0 Å². The largest absolute Gasteiger partial charge is 0.497 e. The van der Waals surface area contributed by atoms with Crippen molar-refractivity contribution in [3.05, 3.63) is 59.5 Å². The number of fused-ring (bicyclic) bond motifs is 3. The Labute approximate surface area is 171 Å². The van der Waals surface area contributed by atoms with Gasteiger partial charge in [0, 0.05) is 16.8 Å². The first-order valence-corrected chi connectivity index (χ1v) is 10.1. The number of hydrogen-bond donors (Lipinski definition) is 1. The van der Waals surface area contributed by atoms with Gasteiger partial charge in [-0.25, -0.2) is 4.98 Å². The number of carbonyl (C=O) groups excluding carboxylic acids is 1. The van der Waals surface area contributed by atoms with Crippen molar-refractivity contribution in [1.29, 1.82) is 0 Å². The fourth-order valence-corrected chi connectivity index (χ4v) is 4.24. The maximum Gasteiger partial charge on any atom is 0.261 e. The van der Waals surface area contributed by atoms with Crippen molar-refractivity contribution < 1.29 is 19.0 Å². The molecule has 2 aromatic carbocycles. The predicted octanol–water partition coefficient (Wildman–Crippen LogP) is 4.03. The highest BCUT2D eigenvalue weighted by Crippen LogP contribution is 2.31. The Hall–Kier alpha value is -3.32. The molecule has 1 aliphatic heterocycles. The number of nitrogens with zero attached hydrogens (tertiary/aromatic N) is 1. The van der Waals surface area contributed by atoms with Crippen molar-refractivity contribution >= 4 is 38.4 Å². The van der Waals surface area contributed by atoms with Crippen molar-refractivity contribution in [2.75, 3.05) is 20.3 Å². The molecule has 0 fully saturated rings. The molecule has 3 heterocycles. The minimum atomic E-state index is -0.226. The molecule has 1 aliphatic rings. The summed E-state index contributed by atoms with van der Waals surface area (Å²) in [5.41, 5.74) is 0.845. The van der Waals surface area contributed by atoms with E-state index in [-0.39, 0.29) is 12.0 Å². The number of amides is 1. The lowest BCUT2D eigenvalue weighted by Crippen LogP contribution is -2.40. The quantitative estimate of drug-likeness (QED) is 0.554. The second kappa shape index (κ2) is 7.25. The SMILES string of the molecule is COc1ccc2cc3cc(C(=O)NC[C@H]4COc5ccccc5O4)sc3nc2c1. The van der Waals surface area contributed by atoms with Gasteiger partial charge in [-0.05, 0) is 36.4 Å². The number of aromatic nitrogens is 1. The van der Waals surface area contributed by atoms with Crippen LogP contribution in [-0.2, 0) is 0 Å². The molecule has 1 N–H and O–H groups in total. The van der Waals surface area contributed by atoms with E-state index in [1.165, 1.54) is 11.3 Å². The summed E-state index contributed by atoms with van der Waals surface area (Å²) in [7, 11) is 1.63. The van der Waals surface area contributed by atoms with Gasteiger partial charge in [0.15, 0.2) is 11.5 Å². The van der Waals surface area contributed by atoms with Crippen LogP contribution < -0.4 is 19.5 Å². The van der Waals surface area contributed by atoms with Gasteiger partial charge in [-0.2, -0.15) is 0 Å². The Kier molecular flexibility index (Phi) is 4.44. The van der Waals surface area contributed by atoms with E-state index in [2.05, 4.69) is 10.3 Å². The lowest BCUT2D eigenvalue weighted by molar-refractivity contribution is 0.0791. The minimum Gasteiger partial charge on any atom is -0.497 e. The Bertz CT molecular complexity index is 1220. The lowest BCUT2D eigenvalue weighted by Gasteiger charge is -2.26. The molecule has 6 nitrogen and oxygen atoms in total. The van der Waals surface area contributed by atoms with Crippen LogP contribution in [-0.4, -0.2) is 37.3 Å². The summed E-state index contributed by atoms with van der Waals surface area (Å²) in [5, 5.41) is 4.90. The summed E-state index contributed by atoms with van der Waals surface area (Å²) < 4.78 is 16.8. The smallest absolute Gasteiger partial charge is 0.261 e. The third kappa shape index (κ3) is 3.45. The Morgan fingerprint density at radius 3 is 2.90 bits per heavy atom. The maximum atomic E-state index is 12.7. The first kappa shape index (κ1) is 17.8. The van der Waals surface area contributed by atoms with Crippen LogP contribution in [0.1, 0.15) is 9.67 Å². The number of methoxy groups -OCH3 is 1. The molecule has 0 aliphatic carbocycles. The normalized spacial score (nSPS) is 15.4. The van der Waals surface area contributed by atoms with E-state index in [1.807, 2.05) is 54.6 Å². The van der Waals surface area contributed by atoms with Crippen LogP contribution in [0.25, 0.3) is 21.1 Å². The molecule has 4 aromatic rings. The maximum absolute atomic E-state index is 12.7. The Morgan fingerprint density at radius 2 is 2.03 bits per heavy atom. The molecule has 146 valence electrons. The van der Waals surface area contributed by atoms with Crippen LogP contribution >= 0.6 is 11.3 Å². The molecule has 0 bridgehead atoms. The van der Waals surface area contributed by atoms with Crippen LogP contribution in [0.15, 0.2) is 54.6 Å². The zero-order valence-corrected chi connectivity index (χ0v) is 16.5. The highest BCUT2D eigenvalue weighted by molar-refractivity contribution is 7.20. The van der Waals surface area contributed by atoms with Crippen LogP contribution in [0, 0.1) is 0 Å². The van der Waals surface area contributed by atoms with Gasteiger partial charge in [-0.3, -0.25) is 4.79 Å². The van der Waals surface area contributed by atoms with Crippen LogP contribution in [0.2, 0.25) is 0 Å². The van der Waals surface area contributed by atoms with E-state index in [0.717, 1.165) is 32.6 Å². The molecule has 0 unspecified atom stereocenters. The molecule has 0 spiro atoms. The van der Waals surface area contributed by atoms with Crippen LogP contribution in [0.5, 0.6) is 17.2 Å². The number of para-hydroxylation sites is 2. The zero-order valence-electron chi connectivity index (χ0n) is 15.7. The van der Waals surface area contributed by atoms with Crippen molar-refractivity contribution in [3.63, 3.8) is 0 Å². The van der Waals surface area contributed by atoms with Crippen molar-refractivity contribution in [2.24, 2.45) is 0 Å². The molecule has 0 saturated heterocycles. The van der Waals surface area contributed by atoms with E-state index in [9.17, 15) is 4.79 Å². The molecule has 1 atom stereocenters. The average Bonchev–Trinajstić information content (AvgIpc) is 3.18. The van der Waals surface area contributed by atoms with E-state index in [4.69, 9.17) is 14.2 Å². The van der Waals surface area contributed by atoms with Crippen LogP contribution in [0.4, 0.5) is 0 Å². The summed E-state index contributed by atoms with van der Waals surface area (Å²) >= 11 is 1.37. The number of nitrogens with one attached hydrogen (secondary N) is 1. The molecule has 0 radical (unpaired) electrons. The predicted molar refractivity (Wildman–Crippen MR) is 112 cm³/mol. The molecule has 29 heavy (non-hydrogen) atoms. The minimum absolute atomic E-state index is 0.142. The number of ether oxygens (including phenoxy) is 3. The van der Waals surface area contributed by atoms with Gasteiger partial charge in [-0.15, -0.1) is 11.3 Å². The molecule has 1 amide bonds. The second-order valence-electron chi connectivity index (χ2n) is 6.76. The number of hydrogen-bond acceptors (Lipinski definition) is 6. The molecule has 0 saturated carbocycles. The highest BCUT2D eigenvalue weighted by Gasteiger charge is 2.22. The lowest BCUT2D eigenvalue weighted by atomic mass is 10.2. The van der Waals surface area contributed by atoms with E-state index < -0.39 is 0 Å². The number of thiophene rings is 1. The summed E-state index contributed by atoms with van der Waals surface area (Å²) in [6.07, 6.45) is -0.226. The average molecular weight is 406 g/mol. The number of pyridine rings is 1. The summed E-state index contributed by atoms with van der Waals surface area (Å²) in [4.78, 5) is 18.8. The summed E-state index contributed by atoms with van der Waals surface area (Å²) in [5.74, 6) is 2.05. The fourth-order valence-electron chi connectivity index (χ4n) is 3.30. The molecule has 2 aromatic heterocycles. The van der Waals surface area contributed by atoms with E-state index in [0.29, 0.717) is 23.8 Å². The monoisotopic (exact) mass is 406 g/mol. The first-order valence-electron chi connectivity index (χ1n) is 9.24. The third-order valence-corrected chi connectivity index (χ3v) is 5.84. The molecular weight excluding hydrogens is 388 g/mol. The van der Waals surface area contributed by atoms with E-state index in [1.54, 1.807) is 7.11 Å². The number of benzene rings is 2. The van der Waals surface area contributed by atoms with Gasteiger partial charge in [0.25, 0.3) is 5.91 Å². The van der Waals surface area contributed by atoms with Gasteiger partial charge in [0.1, 0.15) is 23.3 Å². The molecule has 7 heteroatoms. The van der Waals surface area contributed by atoms with Crippen molar-refractivity contribution in [1.82, 2.24) is 10.3 Å². The molecule has 5 rings (SSSR count). The van der Waals surface area contributed by atoms with Crippen molar-refractivity contribution in [3.8, 4) is 17.2 Å². The number of carbonyl (C=O) groups is 1. The van der Waals surface area contributed by atoms with Gasteiger partial charge in [-0.1, -0.05) is 12.1 Å². The second-order valence-corrected chi connectivity index (χ2v) is 7.79.